The van der Waals surface area contributed by atoms with Gasteiger partial charge in [0.15, 0.2) is 0 Å². The summed E-state index contributed by atoms with van der Waals surface area (Å²) in [7, 11) is 0. The molecule has 2 nitrogen and oxygen atoms in total. The van der Waals surface area contributed by atoms with Crippen molar-refractivity contribution in [1.29, 1.82) is 0 Å². The van der Waals surface area contributed by atoms with Gasteiger partial charge in [0, 0.05) is 20.9 Å². The molecule has 0 saturated carbocycles. The average molecular weight is 394 g/mol. The van der Waals surface area contributed by atoms with Crippen molar-refractivity contribution in [3.05, 3.63) is 108 Å². The molecule has 0 fully saturated rings. The maximum Gasteiger partial charge on any atom is 0.150 e. The Hall–Kier alpha value is -3.43. The first-order valence-corrected chi connectivity index (χ1v) is 10.1. The van der Waals surface area contributed by atoms with Gasteiger partial charge >= 0.3 is 0 Å². The van der Waals surface area contributed by atoms with Crippen LogP contribution < -0.4 is 0 Å². The summed E-state index contributed by atoms with van der Waals surface area (Å²) >= 11 is 1.71. The third kappa shape index (κ3) is 4.20. The SMILES string of the molecule is O=Cc1ccc(-c2ccccc2Sc2ccccc2-c2ccc(C=O)cc2)cc1. The summed E-state index contributed by atoms with van der Waals surface area (Å²) in [5.74, 6) is 0. The molecule has 0 aromatic heterocycles. The van der Waals surface area contributed by atoms with Crippen molar-refractivity contribution in [2.24, 2.45) is 0 Å². The lowest BCUT2D eigenvalue weighted by atomic mass is 10.0. The standard InChI is InChI=1S/C26H18O2S/c27-17-19-9-13-21(14-10-19)23-5-1-3-7-25(23)29-26-8-4-2-6-24(26)22-15-11-20(18-28)12-16-22/h1-18H. The molecule has 0 radical (unpaired) electrons. The Morgan fingerprint density at radius 3 is 1.24 bits per heavy atom. The van der Waals surface area contributed by atoms with Crippen LogP contribution in [0, 0.1) is 0 Å². The molecule has 140 valence electrons. The molecule has 4 aromatic rings. The van der Waals surface area contributed by atoms with Crippen LogP contribution in [-0.4, -0.2) is 12.6 Å². The summed E-state index contributed by atoms with van der Waals surface area (Å²) in [6, 6.07) is 31.8. The summed E-state index contributed by atoms with van der Waals surface area (Å²) < 4.78 is 0. The first kappa shape index (κ1) is 18.9. The number of rotatable bonds is 6. The van der Waals surface area contributed by atoms with Crippen molar-refractivity contribution in [2.75, 3.05) is 0 Å². The van der Waals surface area contributed by atoms with E-state index in [-0.39, 0.29) is 0 Å². The van der Waals surface area contributed by atoms with Gasteiger partial charge in [-0.3, -0.25) is 9.59 Å². The second-order valence-electron chi connectivity index (χ2n) is 6.57. The zero-order chi connectivity index (χ0) is 20.1. The number of aldehydes is 2. The lowest BCUT2D eigenvalue weighted by Gasteiger charge is -2.13. The highest BCUT2D eigenvalue weighted by molar-refractivity contribution is 7.99. The van der Waals surface area contributed by atoms with E-state index in [0.29, 0.717) is 11.1 Å². The van der Waals surface area contributed by atoms with Gasteiger partial charge in [-0.25, -0.2) is 0 Å². The summed E-state index contributed by atoms with van der Waals surface area (Å²) in [4.78, 5) is 24.2. The van der Waals surface area contributed by atoms with Crippen molar-refractivity contribution < 1.29 is 9.59 Å². The monoisotopic (exact) mass is 394 g/mol. The van der Waals surface area contributed by atoms with E-state index in [0.717, 1.165) is 44.6 Å². The van der Waals surface area contributed by atoms with Crippen LogP contribution in [0.4, 0.5) is 0 Å². The molecule has 0 heterocycles. The first-order valence-electron chi connectivity index (χ1n) is 9.25. The predicted molar refractivity (Wildman–Crippen MR) is 119 cm³/mol. The normalized spacial score (nSPS) is 10.5. The Morgan fingerprint density at radius 2 is 0.862 bits per heavy atom. The van der Waals surface area contributed by atoms with E-state index in [4.69, 9.17) is 0 Å². The molecule has 4 aromatic carbocycles. The Balaban J connectivity index is 1.72. The minimum atomic E-state index is 0.669. The van der Waals surface area contributed by atoms with Crippen LogP contribution in [-0.2, 0) is 0 Å². The Kier molecular flexibility index (Phi) is 5.68. The average Bonchev–Trinajstić information content (AvgIpc) is 2.80. The molecule has 0 atom stereocenters. The van der Waals surface area contributed by atoms with Gasteiger partial charge in [-0.2, -0.15) is 0 Å². The highest BCUT2D eigenvalue weighted by Crippen LogP contribution is 2.40. The molecule has 0 saturated heterocycles. The van der Waals surface area contributed by atoms with E-state index < -0.39 is 0 Å². The topological polar surface area (TPSA) is 34.1 Å². The first-order chi connectivity index (χ1) is 14.3. The van der Waals surface area contributed by atoms with Crippen molar-refractivity contribution >= 4 is 24.3 Å². The molecule has 0 N–H and O–H groups in total. The van der Waals surface area contributed by atoms with Crippen LogP contribution in [0.15, 0.2) is 107 Å². The fourth-order valence-corrected chi connectivity index (χ4v) is 4.31. The molecule has 4 rings (SSSR count). The molecule has 0 bridgehead atoms. The molecule has 0 spiro atoms. The highest BCUT2D eigenvalue weighted by atomic mass is 32.2. The maximum absolute atomic E-state index is 11.0. The van der Waals surface area contributed by atoms with E-state index in [1.54, 1.807) is 11.8 Å². The smallest absolute Gasteiger partial charge is 0.150 e. The molecule has 0 unspecified atom stereocenters. The number of benzene rings is 4. The largest absolute Gasteiger partial charge is 0.298 e. The fraction of sp³-hybridized carbons (Fsp3) is 0. The minimum absolute atomic E-state index is 0.669. The van der Waals surface area contributed by atoms with Gasteiger partial charge in [0.2, 0.25) is 0 Å². The Labute approximate surface area is 174 Å². The fourth-order valence-electron chi connectivity index (χ4n) is 3.19. The molecular formula is C26H18O2S. The van der Waals surface area contributed by atoms with Gasteiger partial charge in [0.05, 0.1) is 0 Å². The van der Waals surface area contributed by atoms with Crippen molar-refractivity contribution in [2.45, 2.75) is 9.79 Å². The van der Waals surface area contributed by atoms with E-state index in [1.165, 1.54) is 0 Å². The highest BCUT2D eigenvalue weighted by Gasteiger charge is 2.10. The third-order valence-electron chi connectivity index (χ3n) is 4.71. The summed E-state index contributed by atoms with van der Waals surface area (Å²) in [5, 5.41) is 0. The lowest BCUT2D eigenvalue weighted by Crippen LogP contribution is -1.87. The van der Waals surface area contributed by atoms with E-state index in [2.05, 4.69) is 24.3 Å². The molecular weight excluding hydrogens is 376 g/mol. The zero-order valence-electron chi connectivity index (χ0n) is 15.6. The van der Waals surface area contributed by atoms with Crippen LogP contribution >= 0.6 is 11.8 Å². The van der Waals surface area contributed by atoms with Crippen LogP contribution in [0.3, 0.4) is 0 Å². The van der Waals surface area contributed by atoms with Crippen LogP contribution in [0.25, 0.3) is 22.3 Å². The molecule has 0 aliphatic carbocycles. The summed E-state index contributed by atoms with van der Waals surface area (Å²) in [5.41, 5.74) is 5.74. The van der Waals surface area contributed by atoms with Crippen LogP contribution in [0.1, 0.15) is 20.7 Å². The maximum atomic E-state index is 11.0. The van der Waals surface area contributed by atoms with Gasteiger partial charge in [0.25, 0.3) is 0 Å². The Bertz CT molecular complexity index is 1050. The molecule has 0 aliphatic heterocycles. The van der Waals surface area contributed by atoms with E-state index in [1.807, 2.05) is 72.8 Å². The quantitative estimate of drug-likeness (QED) is 0.337. The van der Waals surface area contributed by atoms with Gasteiger partial charge in [-0.05, 0) is 34.4 Å². The van der Waals surface area contributed by atoms with Crippen molar-refractivity contribution in [3.8, 4) is 22.3 Å². The van der Waals surface area contributed by atoms with E-state index >= 15 is 0 Å². The molecule has 0 amide bonds. The summed E-state index contributed by atoms with van der Waals surface area (Å²) in [6.45, 7) is 0. The van der Waals surface area contributed by atoms with Crippen molar-refractivity contribution in [3.63, 3.8) is 0 Å². The minimum Gasteiger partial charge on any atom is -0.298 e. The van der Waals surface area contributed by atoms with Crippen LogP contribution in [0.5, 0.6) is 0 Å². The number of hydrogen-bond donors (Lipinski definition) is 0. The molecule has 0 aliphatic rings. The molecule has 3 heteroatoms. The summed E-state index contributed by atoms with van der Waals surface area (Å²) in [6.07, 6.45) is 1.72. The van der Waals surface area contributed by atoms with Crippen molar-refractivity contribution in [1.82, 2.24) is 0 Å². The van der Waals surface area contributed by atoms with Gasteiger partial charge in [-0.1, -0.05) is 96.7 Å². The van der Waals surface area contributed by atoms with Gasteiger partial charge in [-0.15, -0.1) is 0 Å². The second-order valence-corrected chi connectivity index (χ2v) is 7.66. The van der Waals surface area contributed by atoms with Gasteiger partial charge < -0.3 is 0 Å². The van der Waals surface area contributed by atoms with Crippen LogP contribution in [0.2, 0.25) is 0 Å². The number of hydrogen-bond acceptors (Lipinski definition) is 3. The third-order valence-corrected chi connectivity index (χ3v) is 5.86. The number of carbonyl (C=O) groups excluding carboxylic acids is 2. The zero-order valence-corrected chi connectivity index (χ0v) is 16.4. The second kappa shape index (κ2) is 8.72. The lowest BCUT2D eigenvalue weighted by molar-refractivity contribution is 0.111. The molecule has 29 heavy (non-hydrogen) atoms. The predicted octanol–water partition coefficient (Wildman–Crippen LogP) is 6.80. The van der Waals surface area contributed by atoms with Gasteiger partial charge in [0.1, 0.15) is 12.6 Å². The number of carbonyl (C=O) groups is 2. The Morgan fingerprint density at radius 1 is 0.483 bits per heavy atom. The van der Waals surface area contributed by atoms with E-state index in [9.17, 15) is 9.59 Å².